The van der Waals surface area contributed by atoms with E-state index in [0.29, 0.717) is 35.4 Å². The number of hydrogen-bond acceptors (Lipinski definition) is 3. The van der Waals surface area contributed by atoms with Gasteiger partial charge in [-0.05, 0) is 54.4 Å². The van der Waals surface area contributed by atoms with Crippen molar-refractivity contribution >= 4 is 27.6 Å². The minimum absolute atomic E-state index is 0.0854. The van der Waals surface area contributed by atoms with Crippen LogP contribution in [0, 0.1) is 0 Å². The normalized spacial score (nSPS) is 12.1. The van der Waals surface area contributed by atoms with E-state index in [2.05, 4.69) is 0 Å². The number of benzene rings is 4. The summed E-state index contributed by atoms with van der Waals surface area (Å²) in [7, 11) is 0. The molecule has 35 heavy (non-hydrogen) atoms. The zero-order valence-corrected chi connectivity index (χ0v) is 19.9. The van der Waals surface area contributed by atoms with Crippen LogP contribution < -0.4 is 5.56 Å². The average molecular weight is 462 g/mol. The fourth-order valence-electron chi connectivity index (χ4n) is 4.60. The van der Waals surface area contributed by atoms with E-state index in [1.54, 1.807) is 10.6 Å². The number of rotatable bonds is 6. The molecule has 0 aliphatic rings. The molecule has 0 N–H and O–H groups in total. The number of amides is 1. The van der Waals surface area contributed by atoms with E-state index in [0.717, 1.165) is 16.3 Å². The Morgan fingerprint density at radius 3 is 2.34 bits per heavy atom. The number of nitrogens with zero attached hydrogens (tertiary/aromatic N) is 3. The molecule has 0 saturated heterocycles. The van der Waals surface area contributed by atoms with E-state index >= 15 is 0 Å². The number of carbonyl (C=O) groups is 1. The van der Waals surface area contributed by atoms with Crippen molar-refractivity contribution in [3.8, 4) is 0 Å². The van der Waals surface area contributed by atoms with Gasteiger partial charge in [-0.15, -0.1) is 0 Å². The lowest BCUT2D eigenvalue weighted by Gasteiger charge is -2.31. The predicted octanol–water partition coefficient (Wildman–Crippen LogP) is 5.97. The molecule has 0 aliphatic carbocycles. The van der Waals surface area contributed by atoms with Gasteiger partial charge in [0.25, 0.3) is 11.5 Å². The van der Waals surface area contributed by atoms with Gasteiger partial charge in [0.2, 0.25) is 0 Å². The summed E-state index contributed by atoms with van der Waals surface area (Å²) in [6.07, 6.45) is 0. The molecule has 0 fully saturated rings. The molecule has 1 aromatic heterocycles. The second kappa shape index (κ2) is 9.55. The van der Waals surface area contributed by atoms with Crippen molar-refractivity contribution in [2.24, 2.45) is 0 Å². The summed E-state index contributed by atoms with van der Waals surface area (Å²) in [5, 5.41) is 2.68. The highest BCUT2D eigenvalue weighted by atomic mass is 16.2. The van der Waals surface area contributed by atoms with Crippen molar-refractivity contribution in [2.45, 2.75) is 33.0 Å². The summed E-state index contributed by atoms with van der Waals surface area (Å²) in [5.41, 5.74) is 2.18. The van der Waals surface area contributed by atoms with E-state index in [4.69, 9.17) is 4.98 Å². The Morgan fingerprint density at radius 1 is 0.886 bits per heavy atom. The Hall–Kier alpha value is -4.25. The highest BCUT2D eigenvalue weighted by Crippen LogP contribution is 2.26. The number of fused-ring (bicyclic) bond motifs is 2. The van der Waals surface area contributed by atoms with Crippen LogP contribution in [0.5, 0.6) is 0 Å². The van der Waals surface area contributed by atoms with Gasteiger partial charge in [0.15, 0.2) is 0 Å². The van der Waals surface area contributed by atoms with Gasteiger partial charge < -0.3 is 4.90 Å². The van der Waals surface area contributed by atoms with E-state index in [-0.39, 0.29) is 11.5 Å². The van der Waals surface area contributed by atoms with Crippen LogP contribution in [0.1, 0.15) is 41.6 Å². The Kier molecular flexibility index (Phi) is 6.15. The second-order valence-electron chi connectivity index (χ2n) is 8.69. The van der Waals surface area contributed by atoms with E-state index in [1.165, 1.54) is 0 Å². The summed E-state index contributed by atoms with van der Waals surface area (Å²) in [5.74, 6) is 0.485. The van der Waals surface area contributed by atoms with Crippen molar-refractivity contribution in [2.75, 3.05) is 0 Å². The molecule has 5 rings (SSSR count). The van der Waals surface area contributed by atoms with Gasteiger partial charge in [-0.1, -0.05) is 72.8 Å². The van der Waals surface area contributed by atoms with Crippen LogP contribution in [-0.2, 0) is 13.1 Å². The van der Waals surface area contributed by atoms with Gasteiger partial charge >= 0.3 is 0 Å². The molecule has 1 atom stereocenters. The summed E-state index contributed by atoms with van der Waals surface area (Å²) in [6.45, 7) is 4.76. The third kappa shape index (κ3) is 4.33. The van der Waals surface area contributed by atoms with Gasteiger partial charge in [-0.3, -0.25) is 14.2 Å². The molecule has 0 saturated carbocycles. The molecular weight excluding hydrogens is 434 g/mol. The first-order valence-corrected chi connectivity index (χ1v) is 11.9. The first kappa shape index (κ1) is 22.5. The van der Waals surface area contributed by atoms with E-state index in [1.807, 2.05) is 110 Å². The lowest BCUT2D eigenvalue weighted by atomic mass is 10.0. The number of carbonyl (C=O) groups excluding carboxylic acids is 1. The lowest BCUT2D eigenvalue weighted by molar-refractivity contribution is 0.0662. The molecule has 4 aromatic carbocycles. The highest BCUT2D eigenvalue weighted by molar-refractivity contribution is 5.98. The quantitative estimate of drug-likeness (QED) is 0.313. The zero-order chi connectivity index (χ0) is 24.4. The largest absolute Gasteiger partial charge is 0.324 e. The number of hydrogen-bond donors (Lipinski definition) is 0. The van der Waals surface area contributed by atoms with Gasteiger partial charge in [0.1, 0.15) is 5.82 Å². The summed E-state index contributed by atoms with van der Waals surface area (Å²) in [6, 6.07) is 30.6. The average Bonchev–Trinajstić information content (AvgIpc) is 2.91. The fourth-order valence-corrected chi connectivity index (χ4v) is 4.60. The highest BCUT2D eigenvalue weighted by Gasteiger charge is 2.27. The maximum absolute atomic E-state index is 14.0. The monoisotopic (exact) mass is 461 g/mol. The Bertz CT molecular complexity index is 1570. The van der Waals surface area contributed by atoms with Crippen LogP contribution in [0.4, 0.5) is 0 Å². The van der Waals surface area contributed by atoms with Crippen molar-refractivity contribution in [1.82, 2.24) is 14.5 Å². The Morgan fingerprint density at radius 2 is 1.57 bits per heavy atom. The van der Waals surface area contributed by atoms with Crippen molar-refractivity contribution in [1.29, 1.82) is 0 Å². The summed E-state index contributed by atoms with van der Waals surface area (Å²) in [4.78, 5) is 33.9. The third-order valence-electron chi connectivity index (χ3n) is 6.50. The summed E-state index contributed by atoms with van der Waals surface area (Å²) >= 11 is 0. The first-order chi connectivity index (χ1) is 17.1. The van der Waals surface area contributed by atoms with Crippen LogP contribution in [0.15, 0.2) is 102 Å². The minimum Gasteiger partial charge on any atom is -0.324 e. The zero-order valence-electron chi connectivity index (χ0n) is 19.9. The maximum Gasteiger partial charge on any atom is 0.261 e. The molecular formula is C30H27N3O2. The van der Waals surface area contributed by atoms with Crippen molar-refractivity contribution in [3.63, 3.8) is 0 Å². The van der Waals surface area contributed by atoms with Crippen LogP contribution >= 0.6 is 0 Å². The standard InChI is InChI=1S/C30H27N3O2/c1-3-32-28(31-27-16-10-9-15-26(27)30(32)35)21(2)33(20-22-11-5-4-6-12-22)29(34)25-18-17-23-13-7-8-14-24(23)19-25/h4-19,21H,3,20H2,1-2H3. The fraction of sp³-hybridized carbons (Fsp3) is 0.167. The van der Waals surface area contributed by atoms with E-state index in [9.17, 15) is 9.59 Å². The van der Waals surface area contributed by atoms with Gasteiger partial charge in [-0.25, -0.2) is 4.98 Å². The SMILES string of the molecule is CCn1c(C(C)N(Cc2ccccc2)C(=O)c2ccc3ccccc3c2)nc2ccccc2c1=O. The minimum atomic E-state index is -0.425. The molecule has 5 nitrogen and oxygen atoms in total. The molecule has 1 heterocycles. The second-order valence-corrected chi connectivity index (χ2v) is 8.69. The Labute approximate surface area is 204 Å². The molecule has 0 aliphatic heterocycles. The number of para-hydroxylation sites is 1. The molecule has 174 valence electrons. The predicted molar refractivity (Wildman–Crippen MR) is 140 cm³/mol. The van der Waals surface area contributed by atoms with Crippen LogP contribution in [0.25, 0.3) is 21.7 Å². The molecule has 0 bridgehead atoms. The van der Waals surface area contributed by atoms with E-state index < -0.39 is 6.04 Å². The maximum atomic E-state index is 14.0. The van der Waals surface area contributed by atoms with Crippen molar-refractivity contribution < 1.29 is 4.79 Å². The van der Waals surface area contributed by atoms with Crippen LogP contribution in [0.2, 0.25) is 0 Å². The molecule has 0 radical (unpaired) electrons. The number of aromatic nitrogens is 2. The topological polar surface area (TPSA) is 55.2 Å². The first-order valence-electron chi connectivity index (χ1n) is 11.9. The Balaban J connectivity index is 1.62. The van der Waals surface area contributed by atoms with Crippen LogP contribution in [0.3, 0.4) is 0 Å². The van der Waals surface area contributed by atoms with Crippen LogP contribution in [-0.4, -0.2) is 20.4 Å². The lowest BCUT2D eigenvalue weighted by Crippen LogP contribution is -2.37. The molecule has 1 unspecified atom stereocenters. The van der Waals surface area contributed by atoms with Gasteiger partial charge in [0.05, 0.1) is 16.9 Å². The smallest absolute Gasteiger partial charge is 0.261 e. The third-order valence-corrected chi connectivity index (χ3v) is 6.50. The van der Waals surface area contributed by atoms with Gasteiger partial charge in [-0.2, -0.15) is 0 Å². The molecule has 0 spiro atoms. The molecule has 5 heteroatoms. The van der Waals surface area contributed by atoms with Gasteiger partial charge in [0, 0.05) is 18.7 Å². The van der Waals surface area contributed by atoms with Crippen molar-refractivity contribution in [3.05, 3.63) is 124 Å². The summed E-state index contributed by atoms with van der Waals surface area (Å²) < 4.78 is 1.68. The molecule has 1 amide bonds. The molecule has 5 aromatic rings.